The van der Waals surface area contributed by atoms with Crippen LogP contribution in [-0.4, -0.2) is 88.7 Å². The summed E-state index contributed by atoms with van der Waals surface area (Å²) >= 11 is 1.14. The minimum Gasteiger partial charge on any atom is -0.490 e. The maximum atomic E-state index is 14.3. The molecular formula is C33H45N3O8S3. The summed E-state index contributed by atoms with van der Waals surface area (Å²) in [7, 11) is -6.17. The molecule has 0 saturated carbocycles. The number of sulfonamides is 2. The Labute approximate surface area is 282 Å². The van der Waals surface area contributed by atoms with Gasteiger partial charge in [0.15, 0.2) is 0 Å². The highest BCUT2D eigenvalue weighted by Crippen LogP contribution is 2.30. The summed E-state index contributed by atoms with van der Waals surface area (Å²) in [6.07, 6.45) is 1.35. The number of nitrogens with zero attached hydrogens (tertiary/aromatic N) is 2. The molecule has 1 aliphatic rings. The van der Waals surface area contributed by atoms with Gasteiger partial charge in [0.1, 0.15) is 9.96 Å². The zero-order chi connectivity index (χ0) is 34.4. The second kappa shape index (κ2) is 15.9. The zero-order valence-corrected chi connectivity index (χ0v) is 29.9. The molecule has 2 heterocycles. The summed E-state index contributed by atoms with van der Waals surface area (Å²) in [5, 5.41) is 11.9. The smallest absolute Gasteiger partial charge is 0.261 e. The van der Waals surface area contributed by atoms with Crippen LogP contribution in [0, 0.1) is 12.8 Å². The fraction of sp³-hybridized carbons (Fsp3) is 0.485. The first-order valence-electron chi connectivity index (χ1n) is 15.7. The van der Waals surface area contributed by atoms with E-state index < -0.39 is 38.1 Å². The first-order chi connectivity index (χ1) is 22.2. The summed E-state index contributed by atoms with van der Waals surface area (Å²) in [6.45, 7) is 7.64. The predicted molar refractivity (Wildman–Crippen MR) is 183 cm³/mol. The van der Waals surface area contributed by atoms with Gasteiger partial charge in [0.25, 0.3) is 26.0 Å². The Morgan fingerprint density at radius 1 is 1.09 bits per heavy atom. The maximum Gasteiger partial charge on any atom is 0.261 e. The number of aryl methyl sites for hydroxylation is 1. The molecule has 0 radical (unpaired) electrons. The number of carbonyl (C=O) groups is 1. The molecule has 3 aromatic rings. The topological polar surface area (TPSA) is 143 Å². The SMILES string of the molecule is Cc1ccc(S(=O)(=O)Nc2ccc3c(c2)C(=O)N([C@H](C)CO)C[C@H](C)[C@H](CN(C)S(=O)(=O)c2cccs2)OCCCC[C@@H](C)O3)cc1. The first kappa shape index (κ1) is 36.8. The number of amides is 1. The first-order valence-corrected chi connectivity index (χ1v) is 19.5. The summed E-state index contributed by atoms with van der Waals surface area (Å²) in [6, 6.07) is 13.7. The molecule has 4 rings (SSSR count). The van der Waals surface area contributed by atoms with Gasteiger partial charge in [-0.1, -0.05) is 30.7 Å². The number of carbonyl (C=O) groups excluding carboxylic acids is 1. The lowest BCUT2D eigenvalue weighted by molar-refractivity contribution is -0.00832. The lowest BCUT2D eigenvalue weighted by Gasteiger charge is -2.35. The number of thiophene rings is 1. The second-order valence-corrected chi connectivity index (χ2v) is 17.0. The van der Waals surface area contributed by atoms with Crippen LogP contribution in [0.25, 0.3) is 0 Å². The van der Waals surface area contributed by atoms with Crippen LogP contribution >= 0.6 is 11.3 Å². The number of anilines is 1. The van der Waals surface area contributed by atoms with Gasteiger partial charge < -0.3 is 19.5 Å². The van der Waals surface area contributed by atoms with E-state index in [9.17, 15) is 26.7 Å². The summed E-state index contributed by atoms with van der Waals surface area (Å²) in [5.74, 6) is -0.508. The molecule has 258 valence electrons. The minimum absolute atomic E-state index is 0.0674. The van der Waals surface area contributed by atoms with Crippen LogP contribution in [0.3, 0.4) is 0 Å². The van der Waals surface area contributed by atoms with Crippen molar-refractivity contribution in [2.45, 2.75) is 74.3 Å². The number of fused-ring (bicyclic) bond motifs is 1. The normalized spacial score (nSPS) is 21.0. The number of hydrogen-bond donors (Lipinski definition) is 2. The Morgan fingerprint density at radius 3 is 2.47 bits per heavy atom. The van der Waals surface area contributed by atoms with Gasteiger partial charge in [0, 0.05) is 38.3 Å². The number of likely N-dealkylation sites (N-methyl/N-ethyl adjacent to an activating group) is 1. The van der Waals surface area contributed by atoms with E-state index >= 15 is 0 Å². The van der Waals surface area contributed by atoms with E-state index in [0.29, 0.717) is 18.8 Å². The molecule has 1 aliphatic heterocycles. The molecular weight excluding hydrogens is 663 g/mol. The highest BCUT2D eigenvalue weighted by atomic mass is 32.2. The van der Waals surface area contributed by atoms with Crippen molar-refractivity contribution in [2.24, 2.45) is 5.92 Å². The quantitative estimate of drug-likeness (QED) is 0.318. The van der Waals surface area contributed by atoms with Crippen LogP contribution in [0.4, 0.5) is 5.69 Å². The highest BCUT2D eigenvalue weighted by Gasteiger charge is 2.33. The molecule has 2 N–H and O–H groups in total. The van der Waals surface area contributed by atoms with Crippen LogP contribution in [-0.2, 0) is 24.8 Å². The van der Waals surface area contributed by atoms with Gasteiger partial charge in [0.2, 0.25) is 0 Å². The van der Waals surface area contributed by atoms with E-state index in [2.05, 4.69) is 4.72 Å². The summed E-state index contributed by atoms with van der Waals surface area (Å²) < 4.78 is 69.5. The van der Waals surface area contributed by atoms with Crippen LogP contribution in [0.15, 0.2) is 69.1 Å². The Bertz CT molecular complexity index is 1700. The molecule has 0 fully saturated rings. The van der Waals surface area contributed by atoms with Gasteiger partial charge in [-0.25, -0.2) is 16.8 Å². The molecule has 0 unspecified atom stereocenters. The molecule has 0 spiro atoms. The van der Waals surface area contributed by atoms with E-state index in [1.807, 2.05) is 20.8 Å². The van der Waals surface area contributed by atoms with Crippen LogP contribution in [0.2, 0.25) is 0 Å². The van der Waals surface area contributed by atoms with Gasteiger partial charge in [-0.15, -0.1) is 11.3 Å². The molecule has 2 aromatic carbocycles. The second-order valence-electron chi connectivity index (χ2n) is 12.1. The maximum absolute atomic E-state index is 14.3. The average Bonchev–Trinajstić information content (AvgIpc) is 3.59. The fourth-order valence-electron chi connectivity index (χ4n) is 5.30. The number of aliphatic hydroxyl groups is 1. The lowest BCUT2D eigenvalue weighted by atomic mass is 10.0. The molecule has 1 amide bonds. The van der Waals surface area contributed by atoms with Crippen molar-refractivity contribution in [1.29, 1.82) is 0 Å². The van der Waals surface area contributed by atoms with Crippen molar-refractivity contribution in [2.75, 3.05) is 38.1 Å². The van der Waals surface area contributed by atoms with Crippen LogP contribution in [0.5, 0.6) is 5.75 Å². The molecule has 14 heteroatoms. The lowest BCUT2D eigenvalue weighted by Crippen LogP contribution is -2.48. The molecule has 0 bridgehead atoms. The van der Waals surface area contributed by atoms with Crippen molar-refractivity contribution < 1.29 is 36.2 Å². The van der Waals surface area contributed by atoms with Crippen molar-refractivity contribution in [1.82, 2.24) is 9.21 Å². The molecule has 4 atom stereocenters. The van der Waals surface area contributed by atoms with E-state index in [-0.39, 0.29) is 52.1 Å². The van der Waals surface area contributed by atoms with Crippen molar-refractivity contribution in [3.05, 3.63) is 71.1 Å². The van der Waals surface area contributed by atoms with Crippen molar-refractivity contribution in [3.8, 4) is 5.75 Å². The third-order valence-corrected chi connectivity index (χ3v) is 12.8. The van der Waals surface area contributed by atoms with Gasteiger partial charge in [0.05, 0.1) is 35.3 Å². The van der Waals surface area contributed by atoms with E-state index in [1.54, 1.807) is 48.7 Å². The number of rotatable bonds is 9. The van der Waals surface area contributed by atoms with E-state index in [1.165, 1.54) is 34.5 Å². The highest BCUT2D eigenvalue weighted by molar-refractivity contribution is 7.92. The van der Waals surface area contributed by atoms with Gasteiger partial charge in [-0.3, -0.25) is 9.52 Å². The molecule has 11 nitrogen and oxygen atoms in total. The average molecular weight is 708 g/mol. The Morgan fingerprint density at radius 2 is 1.81 bits per heavy atom. The third kappa shape index (κ3) is 9.33. The molecule has 0 saturated heterocycles. The van der Waals surface area contributed by atoms with Gasteiger partial charge in [-0.05, 0) is 81.8 Å². The number of aliphatic hydroxyl groups excluding tert-OH is 1. The van der Waals surface area contributed by atoms with Gasteiger partial charge >= 0.3 is 0 Å². The number of nitrogens with one attached hydrogen (secondary N) is 1. The van der Waals surface area contributed by atoms with E-state index in [0.717, 1.165) is 29.7 Å². The van der Waals surface area contributed by atoms with Gasteiger partial charge in [-0.2, -0.15) is 4.31 Å². The molecule has 1 aromatic heterocycles. The Kier molecular flexibility index (Phi) is 12.5. The Hall–Kier alpha value is -3.01. The molecule has 0 aliphatic carbocycles. The monoisotopic (exact) mass is 707 g/mol. The fourth-order valence-corrected chi connectivity index (χ4v) is 8.73. The van der Waals surface area contributed by atoms with Crippen LogP contribution in [0.1, 0.15) is 56.0 Å². The predicted octanol–water partition coefficient (Wildman–Crippen LogP) is 4.97. The summed E-state index contributed by atoms with van der Waals surface area (Å²) in [4.78, 5) is 15.9. The van der Waals surface area contributed by atoms with Crippen molar-refractivity contribution >= 4 is 43.0 Å². The number of ether oxygens (including phenoxy) is 2. The minimum atomic E-state index is -3.95. The van der Waals surface area contributed by atoms with Crippen LogP contribution < -0.4 is 9.46 Å². The summed E-state index contributed by atoms with van der Waals surface area (Å²) in [5.41, 5.74) is 1.24. The van der Waals surface area contributed by atoms with E-state index in [4.69, 9.17) is 9.47 Å². The zero-order valence-electron chi connectivity index (χ0n) is 27.5. The van der Waals surface area contributed by atoms with Crippen molar-refractivity contribution in [3.63, 3.8) is 0 Å². The number of hydrogen-bond acceptors (Lipinski definition) is 9. The number of benzene rings is 2. The largest absolute Gasteiger partial charge is 0.490 e. The third-order valence-electron chi connectivity index (χ3n) is 8.23. The Balaban J connectivity index is 1.68. The standard InChI is InChI=1S/C33H45N3O8S3/c1-23-11-14-28(15-12-23)46(39,40)34-27-13-16-30-29(19-27)33(38)36(25(3)22-37)20-24(2)31(43-17-7-6-9-26(4)44-30)21-35(5)47(41,42)32-10-8-18-45-32/h8,10-16,18-19,24-26,31,34,37H,6-7,9,17,20-22H2,1-5H3/t24-,25+,26+,31-/m0/s1. The molecule has 47 heavy (non-hydrogen) atoms.